The third kappa shape index (κ3) is 2.53. The SMILES string of the molecule is COc1ccc(C2C(C#N)=C(N)Oc3n[nH]c(C(C)C)c32)cc1Br. The van der Waals surface area contributed by atoms with Crippen LogP contribution in [0.15, 0.2) is 34.1 Å². The zero-order valence-electron chi connectivity index (χ0n) is 13.6. The van der Waals surface area contributed by atoms with E-state index in [-0.39, 0.29) is 17.7 Å². The number of nitriles is 1. The van der Waals surface area contributed by atoms with Gasteiger partial charge < -0.3 is 15.2 Å². The van der Waals surface area contributed by atoms with Crippen LogP contribution in [-0.4, -0.2) is 17.3 Å². The molecule has 24 heavy (non-hydrogen) atoms. The van der Waals surface area contributed by atoms with Crippen LogP contribution in [0.3, 0.4) is 0 Å². The molecule has 2 heterocycles. The summed E-state index contributed by atoms with van der Waals surface area (Å²) < 4.78 is 11.6. The summed E-state index contributed by atoms with van der Waals surface area (Å²) in [7, 11) is 1.61. The van der Waals surface area contributed by atoms with Gasteiger partial charge in [0, 0.05) is 5.69 Å². The summed E-state index contributed by atoms with van der Waals surface area (Å²) in [6.07, 6.45) is 0. The Kier molecular flexibility index (Phi) is 4.24. The van der Waals surface area contributed by atoms with Crippen molar-refractivity contribution in [2.75, 3.05) is 7.11 Å². The average Bonchev–Trinajstić information content (AvgIpc) is 2.96. The van der Waals surface area contributed by atoms with Gasteiger partial charge in [0.1, 0.15) is 17.4 Å². The molecular formula is C17H17BrN4O2. The molecular weight excluding hydrogens is 372 g/mol. The van der Waals surface area contributed by atoms with E-state index in [0.717, 1.165) is 27.0 Å². The van der Waals surface area contributed by atoms with E-state index in [1.807, 2.05) is 18.2 Å². The number of aromatic nitrogens is 2. The highest BCUT2D eigenvalue weighted by atomic mass is 79.9. The highest BCUT2D eigenvalue weighted by Crippen LogP contribution is 2.45. The first-order valence-electron chi connectivity index (χ1n) is 7.47. The lowest BCUT2D eigenvalue weighted by Gasteiger charge is -2.25. The molecule has 1 aliphatic heterocycles. The van der Waals surface area contributed by atoms with E-state index in [4.69, 9.17) is 15.2 Å². The van der Waals surface area contributed by atoms with Crippen molar-refractivity contribution in [1.82, 2.24) is 10.2 Å². The number of nitrogens with one attached hydrogen (secondary N) is 1. The van der Waals surface area contributed by atoms with Crippen LogP contribution in [0, 0.1) is 11.3 Å². The third-order valence-electron chi connectivity index (χ3n) is 4.05. The van der Waals surface area contributed by atoms with Crippen LogP contribution in [0.25, 0.3) is 0 Å². The van der Waals surface area contributed by atoms with E-state index < -0.39 is 0 Å². The van der Waals surface area contributed by atoms with Crippen molar-refractivity contribution in [3.63, 3.8) is 0 Å². The molecule has 0 radical (unpaired) electrons. The zero-order chi connectivity index (χ0) is 17.4. The number of benzene rings is 1. The molecule has 0 amide bonds. The lowest BCUT2D eigenvalue weighted by Crippen LogP contribution is -2.21. The number of allylic oxidation sites excluding steroid dienone is 1. The molecule has 2 aromatic rings. The van der Waals surface area contributed by atoms with E-state index in [1.165, 1.54) is 0 Å². The minimum absolute atomic E-state index is 0.0868. The van der Waals surface area contributed by atoms with Crippen molar-refractivity contribution in [1.29, 1.82) is 5.26 Å². The largest absolute Gasteiger partial charge is 0.496 e. The molecule has 1 unspecified atom stereocenters. The van der Waals surface area contributed by atoms with Gasteiger partial charge in [0.05, 0.1) is 23.1 Å². The molecule has 0 spiro atoms. The molecule has 0 saturated heterocycles. The first-order chi connectivity index (χ1) is 11.5. The summed E-state index contributed by atoms with van der Waals surface area (Å²) in [6, 6.07) is 7.90. The maximum atomic E-state index is 9.62. The Balaban J connectivity index is 2.23. The Morgan fingerprint density at radius 3 is 2.79 bits per heavy atom. The zero-order valence-corrected chi connectivity index (χ0v) is 15.1. The Bertz CT molecular complexity index is 864. The van der Waals surface area contributed by atoms with Crippen molar-refractivity contribution >= 4 is 15.9 Å². The molecule has 7 heteroatoms. The van der Waals surface area contributed by atoms with Gasteiger partial charge in [0.15, 0.2) is 0 Å². The van der Waals surface area contributed by atoms with E-state index in [1.54, 1.807) is 7.11 Å². The number of halogens is 1. The van der Waals surface area contributed by atoms with Crippen LogP contribution in [-0.2, 0) is 0 Å². The van der Waals surface area contributed by atoms with Gasteiger partial charge in [-0.15, -0.1) is 5.10 Å². The molecule has 6 nitrogen and oxygen atoms in total. The first-order valence-corrected chi connectivity index (χ1v) is 8.26. The van der Waals surface area contributed by atoms with Crippen molar-refractivity contribution in [2.24, 2.45) is 5.73 Å². The smallest absolute Gasteiger partial charge is 0.244 e. The number of H-pyrrole nitrogens is 1. The molecule has 3 rings (SSSR count). The number of nitrogens with zero attached hydrogens (tertiary/aromatic N) is 2. The van der Waals surface area contributed by atoms with Crippen molar-refractivity contribution in [3.8, 4) is 17.7 Å². The predicted molar refractivity (Wildman–Crippen MR) is 92.7 cm³/mol. The molecule has 0 fully saturated rings. The van der Waals surface area contributed by atoms with E-state index >= 15 is 0 Å². The normalized spacial score (nSPS) is 16.6. The molecule has 1 aromatic carbocycles. The Labute approximate surface area is 148 Å². The van der Waals surface area contributed by atoms with E-state index in [9.17, 15) is 5.26 Å². The fourth-order valence-corrected chi connectivity index (χ4v) is 3.46. The Morgan fingerprint density at radius 2 is 2.21 bits per heavy atom. The molecule has 1 atom stereocenters. The topological polar surface area (TPSA) is 96.9 Å². The molecule has 0 saturated carbocycles. The lowest BCUT2D eigenvalue weighted by atomic mass is 9.82. The average molecular weight is 389 g/mol. The number of aromatic amines is 1. The number of fused-ring (bicyclic) bond motifs is 1. The minimum Gasteiger partial charge on any atom is -0.496 e. The molecule has 0 aliphatic carbocycles. The van der Waals surface area contributed by atoms with Gasteiger partial charge in [-0.3, -0.25) is 5.10 Å². The summed E-state index contributed by atoms with van der Waals surface area (Å²) in [5.41, 5.74) is 9.03. The molecule has 124 valence electrons. The van der Waals surface area contributed by atoms with E-state index in [0.29, 0.717) is 11.5 Å². The van der Waals surface area contributed by atoms with Crippen LogP contribution in [0.4, 0.5) is 0 Å². The highest BCUT2D eigenvalue weighted by molar-refractivity contribution is 9.10. The van der Waals surface area contributed by atoms with Crippen LogP contribution in [0.1, 0.15) is 42.5 Å². The second kappa shape index (κ2) is 6.21. The standard InChI is InChI=1S/C17H17BrN4O2/c1-8(2)15-14-13(9-4-5-12(23-3)11(18)6-9)10(7-19)16(20)24-17(14)22-21-15/h4-6,8,13H,20H2,1-3H3,(H,21,22). The summed E-state index contributed by atoms with van der Waals surface area (Å²) in [4.78, 5) is 0. The molecule has 3 N–H and O–H groups in total. The quantitative estimate of drug-likeness (QED) is 0.837. The fraction of sp³-hybridized carbons (Fsp3) is 0.294. The minimum atomic E-state index is -0.336. The van der Waals surface area contributed by atoms with Gasteiger partial charge in [-0.1, -0.05) is 19.9 Å². The number of nitrogens with two attached hydrogens (primary N) is 1. The Morgan fingerprint density at radius 1 is 1.46 bits per heavy atom. The second-order valence-corrected chi connectivity index (χ2v) is 6.68. The van der Waals surface area contributed by atoms with Gasteiger partial charge >= 0.3 is 0 Å². The Hall–Kier alpha value is -2.46. The number of hydrogen-bond donors (Lipinski definition) is 2. The van der Waals surface area contributed by atoms with Crippen molar-refractivity contribution in [3.05, 3.63) is 50.9 Å². The number of ether oxygens (including phenoxy) is 2. The summed E-state index contributed by atoms with van der Waals surface area (Å²) in [6.45, 7) is 4.12. The van der Waals surface area contributed by atoms with Crippen LogP contribution in [0.2, 0.25) is 0 Å². The number of methoxy groups -OCH3 is 1. The van der Waals surface area contributed by atoms with Crippen LogP contribution in [0.5, 0.6) is 11.6 Å². The van der Waals surface area contributed by atoms with E-state index in [2.05, 4.69) is 46.0 Å². The molecule has 1 aromatic heterocycles. The van der Waals surface area contributed by atoms with Crippen LogP contribution >= 0.6 is 15.9 Å². The number of rotatable bonds is 3. The highest BCUT2D eigenvalue weighted by Gasteiger charge is 2.35. The van der Waals surface area contributed by atoms with Crippen molar-refractivity contribution in [2.45, 2.75) is 25.7 Å². The maximum absolute atomic E-state index is 9.62. The first kappa shape index (κ1) is 16.4. The van der Waals surface area contributed by atoms with Crippen LogP contribution < -0.4 is 15.2 Å². The van der Waals surface area contributed by atoms with Gasteiger partial charge in [-0.25, -0.2) is 0 Å². The third-order valence-corrected chi connectivity index (χ3v) is 4.67. The molecule has 1 aliphatic rings. The fourth-order valence-electron chi connectivity index (χ4n) is 2.90. The number of hydrogen-bond acceptors (Lipinski definition) is 5. The maximum Gasteiger partial charge on any atom is 0.244 e. The molecule has 0 bridgehead atoms. The van der Waals surface area contributed by atoms with Gasteiger partial charge in [-0.2, -0.15) is 5.26 Å². The van der Waals surface area contributed by atoms with Gasteiger partial charge in [0.2, 0.25) is 11.8 Å². The van der Waals surface area contributed by atoms with Gasteiger partial charge in [-0.05, 0) is 39.5 Å². The summed E-state index contributed by atoms with van der Waals surface area (Å²) >= 11 is 3.50. The van der Waals surface area contributed by atoms with Crippen molar-refractivity contribution < 1.29 is 9.47 Å². The summed E-state index contributed by atoms with van der Waals surface area (Å²) in [5, 5.41) is 16.9. The van der Waals surface area contributed by atoms with Gasteiger partial charge in [0.25, 0.3) is 0 Å². The lowest BCUT2D eigenvalue weighted by molar-refractivity contribution is 0.378. The summed E-state index contributed by atoms with van der Waals surface area (Å²) in [5.74, 6) is 1.10. The monoisotopic (exact) mass is 388 g/mol. The predicted octanol–water partition coefficient (Wildman–Crippen LogP) is 3.52. The second-order valence-electron chi connectivity index (χ2n) is 5.83.